The molecule has 2 aromatic heterocycles. The number of unbranched alkanes of at least 4 members (excludes halogenated alkanes) is 1. The number of fused-ring (bicyclic) bond motifs is 1. The number of aromatic nitrogens is 3. The van der Waals surface area contributed by atoms with Crippen LogP contribution in [0.3, 0.4) is 0 Å². The topological polar surface area (TPSA) is 42.2 Å². The molecule has 0 unspecified atom stereocenters. The summed E-state index contributed by atoms with van der Waals surface area (Å²) in [5, 5.41) is 7.44. The maximum Gasteiger partial charge on any atom is 0.194 e. The van der Waals surface area contributed by atoms with Gasteiger partial charge in [-0.1, -0.05) is 81.3 Å². The number of hydrogen-bond acceptors (Lipinski definition) is 3. The van der Waals surface area contributed by atoms with Crippen LogP contribution in [0.25, 0.3) is 11.2 Å². The minimum Gasteiger partial charge on any atom is -0.370 e. The monoisotopic (exact) mass is 476 g/mol. The van der Waals surface area contributed by atoms with E-state index in [0.29, 0.717) is 0 Å². The number of nitrogens with zero attached hydrogens (tertiary/aromatic N) is 3. The summed E-state index contributed by atoms with van der Waals surface area (Å²) in [6.45, 7) is 17.1. The lowest BCUT2D eigenvalue weighted by molar-refractivity contribution is 0.635. The van der Waals surface area contributed by atoms with Gasteiger partial charge in [0.25, 0.3) is 0 Å². The Bertz CT molecular complexity index is 1170. The van der Waals surface area contributed by atoms with E-state index < -0.39 is 0 Å². The molecule has 188 valence electrons. The first kappa shape index (κ1) is 28.0. The second-order valence-corrected chi connectivity index (χ2v) is 8.76. The Morgan fingerprint density at radius 3 is 2.63 bits per heavy atom. The van der Waals surface area contributed by atoms with Crippen molar-refractivity contribution in [1.82, 2.24) is 14.6 Å². The van der Waals surface area contributed by atoms with Crippen LogP contribution in [-0.2, 0) is 6.42 Å². The van der Waals surface area contributed by atoms with E-state index in [2.05, 4.69) is 86.1 Å². The van der Waals surface area contributed by atoms with E-state index in [1.165, 1.54) is 34.0 Å². The van der Waals surface area contributed by atoms with Crippen LogP contribution >= 0.6 is 0 Å². The molecule has 3 aromatic rings. The molecule has 0 amide bonds. The van der Waals surface area contributed by atoms with Crippen molar-refractivity contribution in [2.45, 2.75) is 73.6 Å². The van der Waals surface area contributed by atoms with E-state index in [0.717, 1.165) is 50.2 Å². The van der Waals surface area contributed by atoms with Crippen molar-refractivity contribution in [2.24, 2.45) is 0 Å². The maximum atomic E-state index is 14.0. The standard InChI is InChI=1S/C17H21FN4.C11H14.C2H6/c1-3-4-9-19-16-10-15(13-8-6-5-7-12(13)2)21-17-14(18)11-20-22(16)17;1-9(2)7-11-6-4-5-10(3)8-11;1-2/h5,7,10-11,19H,3-4,6,8-9H2,1-2H3;4-6,8H,1,7H2,2-3H3;1-2H3. The molecular formula is C30H41FN4. The third kappa shape index (κ3) is 8.20. The van der Waals surface area contributed by atoms with Gasteiger partial charge in [0.15, 0.2) is 11.5 Å². The Labute approximate surface area is 210 Å². The highest BCUT2D eigenvalue weighted by Gasteiger charge is 2.15. The number of anilines is 1. The van der Waals surface area contributed by atoms with E-state index in [4.69, 9.17) is 0 Å². The molecular weight excluding hydrogens is 435 g/mol. The predicted octanol–water partition coefficient (Wildman–Crippen LogP) is 8.34. The third-order valence-corrected chi connectivity index (χ3v) is 5.57. The summed E-state index contributed by atoms with van der Waals surface area (Å²) in [7, 11) is 0. The van der Waals surface area contributed by atoms with Gasteiger partial charge in [-0.05, 0) is 63.2 Å². The van der Waals surface area contributed by atoms with Gasteiger partial charge >= 0.3 is 0 Å². The lowest BCUT2D eigenvalue weighted by Gasteiger charge is -2.15. The molecule has 1 aliphatic carbocycles. The maximum absolute atomic E-state index is 14.0. The molecule has 0 atom stereocenters. The molecule has 4 nitrogen and oxygen atoms in total. The van der Waals surface area contributed by atoms with E-state index in [1.54, 1.807) is 4.52 Å². The van der Waals surface area contributed by atoms with Gasteiger partial charge < -0.3 is 5.32 Å². The molecule has 1 N–H and O–H groups in total. The highest BCUT2D eigenvalue weighted by Crippen LogP contribution is 2.29. The molecule has 0 bridgehead atoms. The van der Waals surface area contributed by atoms with Crippen molar-refractivity contribution in [1.29, 1.82) is 0 Å². The van der Waals surface area contributed by atoms with Crippen molar-refractivity contribution in [3.8, 4) is 0 Å². The zero-order chi connectivity index (χ0) is 25.8. The fourth-order valence-electron chi connectivity index (χ4n) is 3.90. The number of halogens is 1. The number of rotatable bonds is 7. The van der Waals surface area contributed by atoms with Crippen LogP contribution in [0.1, 0.15) is 77.1 Å². The van der Waals surface area contributed by atoms with Crippen LogP contribution in [0.2, 0.25) is 0 Å². The molecule has 0 radical (unpaired) electrons. The summed E-state index contributed by atoms with van der Waals surface area (Å²) >= 11 is 0. The predicted molar refractivity (Wildman–Crippen MR) is 148 cm³/mol. The molecule has 4 rings (SSSR count). The average molecular weight is 477 g/mol. The molecule has 0 aliphatic heterocycles. The highest BCUT2D eigenvalue weighted by atomic mass is 19.1. The molecule has 1 aliphatic rings. The van der Waals surface area contributed by atoms with Crippen molar-refractivity contribution >= 4 is 17.0 Å². The Morgan fingerprint density at radius 2 is 1.97 bits per heavy atom. The van der Waals surface area contributed by atoms with Gasteiger partial charge in [-0.3, -0.25) is 0 Å². The molecule has 0 saturated carbocycles. The van der Waals surface area contributed by atoms with Gasteiger partial charge in [0.2, 0.25) is 0 Å². The number of aryl methyl sites for hydroxylation is 1. The number of allylic oxidation sites excluding steroid dienone is 5. The first-order valence-corrected chi connectivity index (χ1v) is 12.7. The fourth-order valence-corrected chi connectivity index (χ4v) is 3.90. The van der Waals surface area contributed by atoms with Crippen LogP contribution in [0.15, 0.2) is 66.4 Å². The van der Waals surface area contributed by atoms with Gasteiger partial charge in [-0.15, -0.1) is 0 Å². The first-order chi connectivity index (χ1) is 16.9. The lowest BCUT2D eigenvalue weighted by atomic mass is 9.96. The van der Waals surface area contributed by atoms with Crippen LogP contribution in [0.4, 0.5) is 10.2 Å². The summed E-state index contributed by atoms with van der Waals surface area (Å²) in [6, 6.07) is 10.5. The Balaban J connectivity index is 0.000000280. The molecule has 1 aromatic carbocycles. The summed E-state index contributed by atoms with van der Waals surface area (Å²) < 4.78 is 15.5. The van der Waals surface area contributed by atoms with Gasteiger partial charge in [0.05, 0.1) is 11.9 Å². The summed E-state index contributed by atoms with van der Waals surface area (Å²) in [5.41, 5.74) is 7.41. The van der Waals surface area contributed by atoms with E-state index in [9.17, 15) is 4.39 Å². The van der Waals surface area contributed by atoms with Crippen LogP contribution in [-0.4, -0.2) is 21.1 Å². The first-order valence-electron chi connectivity index (χ1n) is 12.7. The van der Waals surface area contributed by atoms with Crippen molar-refractivity contribution in [3.63, 3.8) is 0 Å². The van der Waals surface area contributed by atoms with Gasteiger partial charge in [0, 0.05) is 12.6 Å². The molecule has 0 saturated heterocycles. The lowest BCUT2D eigenvalue weighted by Crippen LogP contribution is -2.09. The van der Waals surface area contributed by atoms with Gasteiger partial charge in [-0.2, -0.15) is 9.61 Å². The zero-order valence-corrected chi connectivity index (χ0v) is 22.3. The quantitative estimate of drug-likeness (QED) is 0.275. The smallest absolute Gasteiger partial charge is 0.194 e. The minimum absolute atomic E-state index is 0.284. The normalized spacial score (nSPS) is 12.5. The number of nitrogens with one attached hydrogen (secondary N) is 1. The molecule has 35 heavy (non-hydrogen) atoms. The van der Waals surface area contributed by atoms with Gasteiger partial charge in [-0.25, -0.2) is 9.37 Å². The fraction of sp³-hybridized carbons (Fsp3) is 0.400. The van der Waals surface area contributed by atoms with Crippen LogP contribution in [0, 0.1) is 12.7 Å². The highest BCUT2D eigenvalue weighted by molar-refractivity contribution is 5.72. The number of hydrogen-bond donors (Lipinski definition) is 1. The Morgan fingerprint density at radius 1 is 1.20 bits per heavy atom. The zero-order valence-electron chi connectivity index (χ0n) is 22.3. The summed E-state index contributed by atoms with van der Waals surface area (Å²) in [6.07, 6.45) is 10.6. The summed E-state index contributed by atoms with van der Waals surface area (Å²) in [4.78, 5) is 4.49. The molecule has 2 heterocycles. The van der Waals surface area contributed by atoms with Crippen molar-refractivity contribution in [3.05, 3.63) is 89.0 Å². The van der Waals surface area contributed by atoms with E-state index >= 15 is 0 Å². The largest absolute Gasteiger partial charge is 0.370 e. The minimum atomic E-state index is -0.384. The van der Waals surface area contributed by atoms with Gasteiger partial charge in [0.1, 0.15) is 5.82 Å². The second-order valence-electron chi connectivity index (χ2n) is 8.76. The Kier molecular flexibility index (Phi) is 11.4. The summed E-state index contributed by atoms with van der Waals surface area (Å²) in [5.74, 6) is 0.414. The van der Waals surface area contributed by atoms with Crippen molar-refractivity contribution < 1.29 is 4.39 Å². The third-order valence-electron chi connectivity index (χ3n) is 5.57. The Hall–Kier alpha value is -3.21. The number of benzene rings is 1. The SMILES string of the molecule is C=C(C)Cc1cccc(C)c1.CC.CCCCNc1cc(C2=C(C)C=CCC2)nc2c(F)cnn12. The van der Waals surface area contributed by atoms with Crippen LogP contribution in [0.5, 0.6) is 0 Å². The van der Waals surface area contributed by atoms with Crippen LogP contribution < -0.4 is 5.32 Å². The van der Waals surface area contributed by atoms with E-state index in [-0.39, 0.29) is 11.5 Å². The molecule has 0 fully saturated rings. The van der Waals surface area contributed by atoms with Crippen molar-refractivity contribution in [2.75, 3.05) is 11.9 Å². The molecule has 5 heteroatoms. The molecule has 0 spiro atoms. The average Bonchev–Trinajstić information content (AvgIpc) is 3.22. The second kappa shape index (κ2) is 14.2. The van der Waals surface area contributed by atoms with E-state index in [1.807, 2.05) is 19.9 Å².